The average Bonchev–Trinajstić information content (AvgIpc) is 2.46. The molecule has 0 saturated carbocycles. The molecule has 1 aromatic rings. The lowest BCUT2D eigenvalue weighted by molar-refractivity contribution is -0.0498. The number of halogens is 2. The molecule has 1 atom stereocenters. The number of benzene rings is 1. The molecule has 2 rings (SSSR count). The molecule has 1 fully saturated rings. The Hall–Kier alpha value is -1.69. The third-order valence-corrected chi connectivity index (χ3v) is 3.43. The van der Waals surface area contributed by atoms with Crippen molar-refractivity contribution >= 4 is 5.91 Å². The summed E-state index contributed by atoms with van der Waals surface area (Å²) in [6, 6.07) is 5.45. The van der Waals surface area contributed by atoms with Gasteiger partial charge in [0.25, 0.3) is 5.91 Å². The zero-order valence-corrected chi connectivity index (χ0v) is 11.0. The highest BCUT2D eigenvalue weighted by atomic mass is 19.3. The molecular formula is C14H17F2NO3. The number of aliphatic hydroxyl groups is 1. The molecule has 1 saturated heterocycles. The van der Waals surface area contributed by atoms with E-state index in [1.165, 1.54) is 24.3 Å². The van der Waals surface area contributed by atoms with Gasteiger partial charge < -0.3 is 14.7 Å². The maximum absolute atomic E-state index is 12.3. The van der Waals surface area contributed by atoms with Gasteiger partial charge in [0.05, 0.1) is 12.6 Å². The lowest BCUT2D eigenvalue weighted by Gasteiger charge is -2.34. The lowest BCUT2D eigenvalue weighted by Crippen LogP contribution is -2.45. The Morgan fingerprint density at radius 1 is 1.35 bits per heavy atom. The Kier molecular flexibility index (Phi) is 4.89. The molecule has 1 amide bonds. The number of carbonyl (C=O) groups excluding carboxylic acids is 1. The normalized spacial score (nSPS) is 19.2. The zero-order chi connectivity index (χ0) is 14.5. The molecular weight excluding hydrogens is 268 g/mol. The highest BCUT2D eigenvalue weighted by Crippen LogP contribution is 2.21. The molecule has 0 bridgehead atoms. The molecule has 20 heavy (non-hydrogen) atoms. The summed E-state index contributed by atoms with van der Waals surface area (Å²) in [5, 5.41) is 9.30. The van der Waals surface area contributed by atoms with Crippen LogP contribution >= 0.6 is 0 Å². The Balaban J connectivity index is 2.08. The number of nitrogens with zero attached hydrogens (tertiary/aromatic N) is 1. The number of piperidine rings is 1. The van der Waals surface area contributed by atoms with Crippen LogP contribution in [0.1, 0.15) is 29.6 Å². The first-order valence-corrected chi connectivity index (χ1v) is 6.58. The molecule has 0 aromatic heterocycles. The van der Waals surface area contributed by atoms with E-state index in [-0.39, 0.29) is 24.3 Å². The fourth-order valence-electron chi connectivity index (χ4n) is 2.40. The molecule has 1 aliphatic rings. The minimum absolute atomic E-state index is 0.0221. The van der Waals surface area contributed by atoms with E-state index in [4.69, 9.17) is 0 Å². The maximum atomic E-state index is 12.3. The average molecular weight is 285 g/mol. The summed E-state index contributed by atoms with van der Waals surface area (Å²) in [6.07, 6.45) is 2.69. The molecule has 6 heteroatoms. The molecule has 1 heterocycles. The van der Waals surface area contributed by atoms with Gasteiger partial charge in [0, 0.05) is 12.1 Å². The number of hydrogen-bond acceptors (Lipinski definition) is 3. The fourth-order valence-corrected chi connectivity index (χ4v) is 2.40. The molecule has 1 N–H and O–H groups in total. The van der Waals surface area contributed by atoms with E-state index in [1.54, 1.807) is 4.90 Å². The third kappa shape index (κ3) is 3.45. The van der Waals surface area contributed by atoms with Crippen LogP contribution in [0.3, 0.4) is 0 Å². The maximum Gasteiger partial charge on any atom is 0.387 e. The third-order valence-electron chi connectivity index (χ3n) is 3.43. The summed E-state index contributed by atoms with van der Waals surface area (Å²) in [4.78, 5) is 14.0. The van der Waals surface area contributed by atoms with Crippen molar-refractivity contribution in [2.24, 2.45) is 0 Å². The number of ether oxygens (including phenoxy) is 1. The van der Waals surface area contributed by atoms with Crippen LogP contribution in [0.4, 0.5) is 8.78 Å². The van der Waals surface area contributed by atoms with E-state index in [9.17, 15) is 18.7 Å². The fraction of sp³-hybridized carbons (Fsp3) is 0.500. The Bertz CT molecular complexity index is 450. The zero-order valence-electron chi connectivity index (χ0n) is 11.0. The van der Waals surface area contributed by atoms with Crippen LogP contribution in [-0.4, -0.2) is 41.7 Å². The molecule has 4 nitrogen and oxygen atoms in total. The topological polar surface area (TPSA) is 49.8 Å². The first-order chi connectivity index (χ1) is 9.61. The van der Waals surface area contributed by atoms with Crippen molar-refractivity contribution in [1.82, 2.24) is 4.90 Å². The highest BCUT2D eigenvalue weighted by Gasteiger charge is 2.26. The van der Waals surface area contributed by atoms with E-state index >= 15 is 0 Å². The lowest BCUT2D eigenvalue weighted by atomic mass is 10.0. The second-order valence-electron chi connectivity index (χ2n) is 4.73. The standard InChI is InChI=1S/C14H17F2NO3/c15-14(16)20-12-6-4-10(5-7-12)13(19)17-8-2-1-3-11(17)9-18/h4-7,11,14,18H,1-3,8-9H2. The molecule has 0 aliphatic carbocycles. The van der Waals surface area contributed by atoms with Crippen molar-refractivity contribution in [3.05, 3.63) is 29.8 Å². The van der Waals surface area contributed by atoms with Crippen LogP contribution in [0.15, 0.2) is 24.3 Å². The largest absolute Gasteiger partial charge is 0.435 e. The predicted octanol–water partition coefficient (Wildman–Crippen LogP) is 2.27. The van der Waals surface area contributed by atoms with Gasteiger partial charge in [-0.05, 0) is 43.5 Å². The molecule has 0 radical (unpaired) electrons. The summed E-state index contributed by atoms with van der Waals surface area (Å²) in [5.74, 6) is -0.166. The predicted molar refractivity (Wildman–Crippen MR) is 68.8 cm³/mol. The number of amides is 1. The second-order valence-corrected chi connectivity index (χ2v) is 4.73. The van der Waals surface area contributed by atoms with Gasteiger partial charge in [0.15, 0.2) is 0 Å². The summed E-state index contributed by atoms with van der Waals surface area (Å²) in [6.45, 7) is -2.32. The van der Waals surface area contributed by atoms with Crippen LogP contribution < -0.4 is 4.74 Å². The van der Waals surface area contributed by atoms with E-state index in [1.807, 2.05) is 0 Å². The van der Waals surface area contributed by atoms with Crippen molar-refractivity contribution in [1.29, 1.82) is 0 Å². The summed E-state index contributed by atoms with van der Waals surface area (Å²) in [7, 11) is 0. The van der Waals surface area contributed by atoms with E-state index in [0.29, 0.717) is 12.1 Å². The van der Waals surface area contributed by atoms with E-state index in [2.05, 4.69) is 4.74 Å². The Morgan fingerprint density at radius 2 is 2.05 bits per heavy atom. The summed E-state index contributed by atoms with van der Waals surface area (Å²) >= 11 is 0. The van der Waals surface area contributed by atoms with Crippen LogP contribution in [0, 0.1) is 0 Å². The van der Waals surface area contributed by atoms with Gasteiger partial charge in [-0.3, -0.25) is 4.79 Å². The van der Waals surface area contributed by atoms with Crippen molar-refractivity contribution in [2.45, 2.75) is 31.9 Å². The molecule has 110 valence electrons. The highest BCUT2D eigenvalue weighted by molar-refractivity contribution is 5.94. The van der Waals surface area contributed by atoms with E-state index < -0.39 is 6.61 Å². The number of likely N-dealkylation sites (tertiary alicyclic amines) is 1. The molecule has 1 unspecified atom stereocenters. The number of alkyl halides is 2. The van der Waals surface area contributed by atoms with Crippen LogP contribution in [0.25, 0.3) is 0 Å². The van der Waals surface area contributed by atoms with Gasteiger partial charge >= 0.3 is 6.61 Å². The van der Waals surface area contributed by atoms with Crippen molar-refractivity contribution < 1.29 is 23.4 Å². The molecule has 0 spiro atoms. The molecule has 1 aliphatic heterocycles. The number of hydrogen-bond donors (Lipinski definition) is 1. The van der Waals surface area contributed by atoms with E-state index in [0.717, 1.165) is 19.3 Å². The first-order valence-electron chi connectivity index (χ1n) is 6.58. The van der Waals surface area contributed by atoms with Crippen molar-refractivity contribution in [2.75, 3.05) is 13.2 Å². The number of carbonyl (C=O) groups is 1. The number of aliphatic hydroxyl groups excluding tert-OH is 1. The van der Waals surface area contributed by atoms with Crippen LogP contribution in [0.2, 0.25) is 0 Å². The smallest absolute Gasteiger partial charge is 0.387 e. The minimum atomic E-state index is -2.88. The van der Waals surface area contributed by atoms with Gasteiger partial charge in [-0.15, -0.1) is 0 Å². The van der Waals surface area contributed by atoms with Crippen molar-refractivity contribution in [3.63, 3.8) is 0 Å². The Morgan fingerprint density at radius 3 is 2.65 bits per heavy atom. The monoisotopic (exact) mass is 285 g/mol. The summed E-state index contributed by atoms with van der Waals surface area (Å²) < 4.78 is 28.3. The minimum Gasteiger partial charge on any atom is -0.435 e. The molecule has 1 aromatic carbocycles. The quantitative estimate of drug-likeness (QED) is 0.923. The van der Waals surface area contributed by atoms with Gasteiger partial charge in [0.2, 0.25) is 0 Å². The first kappa shape index (κ1) is 14.7. The van der Waals surface area contributed by atoms with Gasteiger partial charge in [-0.25, -0.2) is 0 Å². The van der Waals surface area contributed by atoms with Crippen LogP contribution in [-0.2, 0) is 0 Å². The number of rotatable bonds is 4. The summed E-state index contributed by atoms with van der Waals surface area (Å²) in [5.41, 5.74) is 0.409. The Labute approximate surface area is 116 Å². The van der Waals surface area contributed by atoms with Gasteiger partial charge in [0.1, 0.15) is 5.75 Å². The second kappa shape index (κ2) is 6.65. The SMILES string of the molecule is O=C(c1ccc(OC(F)F)cc1)N1CCCCC1CO. The van der Waals surface area contributed by atoms with Gasteiger partial charge in [-0.1, -0.05) is 0 Å². The van der Waals surface area contributed by atoms with Crippen LogP contribution in [0.5, 0.6) is 5.75 Å². The van der Waals surface area contributed by atoms with Crippen molar-refractivity contribution in [3.8, 4) is 5.75 Å². The van der Waals surface area contributed by atoms with Gasteiger partial charge in [-0.2, -0.15) is 8.78 Å².